The maximum atomic E-state index is 13.6. The number of non-ortho nitro benzene ring substituents is 1. The Kier molecular flexibility index (Phi) is 5.10. The number of carbonyl (C=O) groups is 1. The molecule has 0 fully saturated rings. The van der Waals surface area contributed by atoms with Crippen LogP contribution >= 0.6 is 27.5 Å². The third-order valence-corrected chi connectivity index (χ3v) is 3.58. The topological polar surface area (TPSA) is 69.4 Å². The van der Waals surface area contributed by atoms with Crippen LogP contribution in [0.15, 0.2) is 40.9 Å². The lowest BCUT2D eigenvalue weighted by molar-refractivity contribution is -0.384. The summed E-state index contributed by atoms with van der Waals surface area (Å²) < 4.78 is 19.1. The number of hydrogen-bond acceptors (Lipinski definition) is 4. The van der Waals surface area contributed by atoms with Crippen LogP contribution in [0.3, 0.4) is 0 Å². The van der Waals surface area contributed by atoms with E-state index in [-0.39, 0.29) is 28.4 Å². The van der Waals surface area contributed by atoms with Crippen LogP contribution in [0.5, 0.6) is 0 Å². The van der Waals surface area contributed by atoms with Gasteiger partial charge in [-0.2, -0.15) is 0 Å². The average molecular weight is 389 g/mol. The van der Waals surface area contributed by atoms with Crippen LogP contribution in [0, 0.1) is 15.9 Å². The highest BCUT2D eigenvalue weighted by molar-refractivity contribution is 9.10. The van der Waals surface area contributed by atoms with Crippen LogP contribution < -0.4 is 0 Å². The first kappa shape index (κ1) is 16.4. The number of nitro groups is 1. The zero-order valence-corrected chi connectivity index (χ0v) is 13.2. The van der Waals surface area contributed by atoms with E-state index in [0.29, 0.717) is 4.47 Å². The molecule has 0 atom stereocenters. The van der Waals surface area contributed by atoms with Crippen LogP contribution in [0.2, 0.25) is 5.02 Å². The highest BCUT2D eigenvalue weighted by Crippen LogP contribution is 2.23. The molecular weight excluding hydrogens is 381 g/mol. The van der Waals surface area contributed by atoms with Crippen LogP contribution in [-0.2, 0) is 11.3 Å². The highest BCUT2D eigenvalue weighted by atomic mass is 79.9. The van der Waals surface area contributed by atoms with Crippen LogP contribution in [0.25, 0.3) is 0 Å². The van der Waals surface area contributed by atoms with Gasteiger partial charge in [0, 0.05) is 22.2 Å². The molecule has 0 aromatic heterocycles. The molecule has 2 rings (SSSR count). The van der Waals surface area contributed by atoms with Gasteiger partial charge < -0.3 is 4.74 Å². The number of ether oxygens (including phenoxy) is 1. The van der Waals surface area contributed by atoms with Crippen molar-refractivity contribution in [1.82, 2.24) is 0 Å². The minimum Gasteiger partial charge on any atom is -0.457 e. The lowest BCUT2D eigenvalue weighted by Gasteiger charge is -2.07. The lowest BCUT2D eigenvalue weighted by atomic mass is 10.2. The molecule has 0 aliphatic rings. The van der Waals surface area contributed by atoms with Gasteiger partial charge in [0.2, 0.25) is 0 Å². The number of nitrogens with zero attached hydrogens (tertiary/aromatic N) is 1. The largest absolute Gasteiger partial charge is 0.457 e. The van der Waals surface area contributed by atoms with E-state index in [1.165, 1.54) is 24.3 Å². The van der Waals surface area contributed by atoms with E-state index < -0.39 is 16.7 Å². The van der Waals surface area contributed by atoms with Crippen LogP contribution in [-0.4, -0.2) is 10.9 Å². The van der Waals surface area contributed by atoms with Crippen molar-refractivity contribution in [1.29, 1.82) is 0 Å². The fourth-order valence-corrected chi connectivity index (χ4v) is 2.17. The Bertz CT molecular complexity index is 754. The summed E-state index contributed by atoms with van der Waals surface area (Å²) in [4.78, 5) is 22.0. The Morgan fingerprint density at radius 2 is 2.05 bits per heavy atom. The van der Waals surface area contributed by atoms with Crippen molar-refractivity contribution in [3.63, 3.8) is 0 Å². The second kappa shape index (κ2) is 6.85. The second-order valence-electron chi connectivity index (χ2n) is 4.23. The van der Waals surface area contributed by atoms with Crippen LogP contribution in [0.4, 0.5) is 10.1 Å². The zero-order chi connectivity index (χ0) is 16.3. The van der Waals surface area contributed by atoms with Crippen molar-refractivity contribution < 1.29 is 18.8 Å². The molecule has 8 heteroatoms. The first-order valence-electron chi connectivity index (χ1n) is 5.93. The molecule has 0 N–H and O–H groups in total. The molecule has 5 nitrogen and oxygen atoms in total. The van der Waals surface area contributed by atoms with E-state index in [9.17, 15) is 19.3 Å². The van der Waals surface area contributed by atoms with E-state index in [4.69, 9.17) is 16.3 Å². The van der Waals surface area contributed by atoms with Gasteiger partial charge in [-0.1, -0.05) is 33.6 Å². The molecule has 22 heavy (non-hydrogen) atoms. The first-order valence-corrected chi connectivity index (χ1v) is 7.10. The maximum Gasteiger partial charge on any atom is 0.340 e. The van der Waals surface area contributed by atoms with E-state index in [1.54, 1.807) is 6.07 Å². The number of carbonyl (C=O) groups excluding carboxylic acids is 1. The minimum absolute atomic E-state index is 0.0203. The van der Waals surface area contributed by atoms with Gasteiger partial charge in [-0.3, -0.25) is 10.1 Å². The standard InChI is InChI=1S/C14H8BrClFNO4/c15-9-2-1-8(13(17)5-9)7-22-14(19)11-6-10(18(20)21)3-4-12(11)16/h1-6H,7H2. The zero-order valence-electron chi connectivity index (χ0n) is 10.9. The number of benzene rings is 2. The number of esters is 1. The minimum atomic E-state index is -0.865. The quantitative estimate of drug-likeness (QED) is 0.439. The molecule has 0 bridgehead atoms. The molecule has 0 unspecified atom stereocenters. The molecule has 0 aliphatic heterocycles. The summed E-state index contributed by atoms with van der Waals surface area (Å²) in [5, 5.41) is 10.7. The van der Waals surface area contributed by atoms with E-state index in [1.807, 2.05) is 0 Å². The molecule has 0 heterocycles. The van der Waals surface area contributed by atoms with Gasteiger partial charge in [-0.15, -0.1) is 0 Å². The maximum absolute atomic E-state index is 13.6. The third-order valence-electron chi connectivity index (χ3n) is 2.75. The molecule has 0 saturated carbocycles. The van der Waals surface area contributed by atoms with Crippen LogP contribution in [0.1, 0.15) is 15.9 Å². The predicted molar refractivity (Wildman–Crippen MR) is 81.3 cm³/mol. The summed E-state index contributed by atoms with van der Waals surface area (Å²) in [5.74, 6) is -1.40. The van der Waals surface area contributed by atoms with E-state index in [2.05, 4.69) is 15.9 Å². The lowest BCUT2D eigenvalue weighted by Crippen LogP contribution is -2.07. The van der Waals surface area contributed by atoms with E-state index in [0.717, 1.165) is 6.07 Å². The van der Waals surface area contributed by atoms with Crippen molar-refractivity contribution in [2.24, 2.45) is 0 Å². The summed E-state index contributed by atoms with van der Waals surface area (Å²) >= 11 is 8.94. The summed E-state index contributed by atoms with van der Waals surface area (Å²) in [5.41, 5.74) is -0.252. The van der Waals surface area contributed by atoms with Crippen molar-refractivity contribution >= 4 is 39.2 Å². The molecule has 0 radical (unpaired) electrons. The summed E-state index contributed by atoms with van der Waals surface area (Å²) in [7, 11) is 0. The fraction of sp³-hybridized carbons (Fsp3) is 0.0714. The molecule has 2 aromatic rings. The van der Waals surface area contributed by atoms with Crippen molar-refractivity contribution in [3.05, 3.63) is 73.0 Å². The van der Waals surface area contributed by atoms with Gasteiger partial charge in [0.05, 0.1) is 15.5 Å². The summed E-state index contributed by atoms with van der Waals surface area (Å²) in [6.07, 6.45) is 0. The summed E-state index contributed by atoms with van der Waals surface area (Å²) in [6.45, 7) is -0.309. The van der Waals surface area contributed by atoms with Gasteiger partial charge in [-0.05, 0) is 18.2 Å². The van der Waals surface area contributed by atoms with Gasteiger partial charge in [0.25, 0.3) is 5.69 Å². The van der Waals surface area contributed by atoms with Crippen molar-refractivity contribution in [2.75, 3.05) is 0 Å². The molecule has 0 saturated heterocycles. The first-order chi connectivity index (χ1) is 10.4. The molecular formula is C14H8BrClFNO4. The van der Waals surface area contributed by atoms with E-state index >= 15 is 0 Å². The number of nitro benzene ring substituents is 1. The Morgan fingerprint density at radius 1 is 1.32 bits per heavy atom. The van der Waals surface area contributed by atoms with Gasteiger partial charge in [0.1, 0.15) is 12.4 Å². The highest BCUT2D eigenvalue weighted by Gasteiger charge is 2.17. The normalized spacial score (nSPS) is 10.3. The molecule has 0 amide bonds. The molecule has 2 aromatic carbocycles. The van der Waals surface area contributed by atoms with Crippen molar-refractivity contribution in [3.8, 4) is 0 Å². The van der Waals surface area contributed by atoms with Crippen molar-refractivity contribution in [2.45, 2.75) is 6.61 Å². The Labute approximate surface area is 137 Å². The van der Waals surface area contributed by atoms with Gasteiger partial charge >= 0.3 is 5.97 Å². The average Bonchev–Trinajstić information content (AvgIpc) is 2.46. The number of hydrogen-bond donors (Lipinski definition) is 0. The Morgan fingerprint density at radius 3 is 2.68 bits per heavy atom. The molecule has 0 aliphatic carbocycles. The monoisotopic (exact) mass is 387 g/mol. The molecule has 114 valence electrons. The number of halogens is 3. The SMILES string of the molecule is O=C(OCc1ccc(Br)cc1F)c1cc([N+](=O)[O-])ccc1Cl. The summed E-state index contributed by atoms with van der Waals surface area (Å²) in [6, 6.07) is 7.73. The van der Waals surface area contributed by atoms with Gasteiger partial charge in [-0.25, -0.2) is 9.18 Å². The smallest absolute Gasteiger partial charge is 0.340 e. The third kappa shape index (κ3) is 3.80. The number of rotatable bonds is 4. The Hall–Kier alpha value is -1.99. The van der Waals surface area contributed by atoms with Gasteiger partial charge in [0.15, 0.2) is 0 Å². The fourth-order valence-electron chi connectivity index (χ4n) is 1.64. The molecule has 0 spiro atoms. The Balaban J connectivity index is 2.15. The second-order valence-corrected chi connectivity index (χ2v) is 5.56. The predicted octanol–water partition coefficient (Wildman–Crippen LogP) is 4.51.